The number of carbonyl (C=O) groups is 1. The summed E-state index contributed by atoms with van der Waals surface area (Å²) in [5.74, 6) is -1.56. The van der Waals surface area contributed by atoms with Crippen molar-refractivity contribution in [1.82, 2.24) is 0 Å². The molecule has 8 heteroatoms. The van der Waals surface area contributed by atoms with Crippen LogP contribution in [-0.2, 0) is 15.6 Å². The van der Waals surface area contributed by atoms with Gasteiger partial charge in [-0.25, -0.2) is 0 Å². The standard InChI is InChI=1S/C12H13F3O4S/c1-7-2-4-8(5-3-7)20(19)9(6-10(16)17)11(18)12(13,14)15/h2-5,9,11,18H,6H2,1H3,(H,16,17)/t9-,11-,20?/m0/s1. The Morgan fingerprint density at radius 3 is 2.20 bits per heavy atom. The van der Waals surface area contributed by atoms with Crippen LogP contribution in [-0.4, -0.2) is 37.9 Å². The molecule has 1 rings (SSSR count). The van der Waals surface area contributed by atoms with Gasteiger partial charge >= 0.3 is 12.1 Å². The number of aliphatic carboxylic acids is 1. The number of aliphatic hydroxyl groups excluding tert-OH is 1. The van der Waals surface area contributed by atoms with E-state index in [-0.39, 0.29) is 4.90 Å². The van der Waals surface area contributed by atoms with Gasteiger partial charge in [0.1, 0.15) is 0 Å². The molecule has 0 saturated carbocycles. The Bertz CT molecular complexity index is 498. The molecule has 20 heavy (non-hydrogen) atoms. The van der Waals surface area contributed by atoms with E-state index in [2.05, 4.69) is 0 Å². The molecule has 1 unspecified atom stereocenters. The Kier molecular flexibility index (Phi) is 5.29. The quantitative estimate of drug-likeness (QED) is 0.870. The van der Waals surface area contributed by atoms with Crippen molar-refractivity contribution in [1.29, 1.82) is 0 Å². The number of aliphatic hydroxyl groups is 1. The molecule has 2 N–H and O–H groups in total. The third kappa shape index (κ3) is 4.31. The number of hydrogen-bond acceptors (Lipinski definition) is 3. The van der Waals surface area contributed by atoms with Crippen molar-refractivity contribution < 1.29 is 32.4 Å². The highest BCUT2D eigenvalue weighted by molar-refractivity contribution is 7.85. The maximum atomic E-state index is 12.5. The number of rotatable bonds is 5. The van der Waals surface area contributed by atoms with Gasteiger partial charge in [0.15, 0.2) is 6.10 Å². The summed E-state index contributed by atoms with van der Waals surface area (Å²) in [6.07, 6.45) is -9.03. The Labute approximate surface area is 115 Å². The van der Waals surface area contributed by atoms with E-state index < -0.39 is 40.7 Å². The highest BCUT2D eigenvalue weighted by atomic mass is 32.2. The highest BCUT2D eigenvalue weighted by Crippen LogP contribution is 2.28. The van der Waals surface area contributed by atoms with E-state index in [1.54, 1.807) is 19.1 Å². The van der Waals surface area contributed by atoms with E-state index >= 15 is 0 Å². The van der Waals surface area contributed by atoms with Crippen molar-refractivity contribution in [2.45, 2.75) is 35.8 Å². The fraction of sp³-hybridized carbons (Fsp3) is 0.417. The van der Waals surface area contributed by atoms with Gasteiger partial charge in [-0.1, -0.05) is 17.7 Å². The van der Waals surface area contributed by atoms with Gasteiger partial charge in [-0.05, 0) is 19.1 Å². The molecule has 0 amide bonds. The minimum Gasteiger partial charge on any atom is -0.481 e. The van der Waals surface area contributed by atoms with Crippen LogP contribution in [0.15, 0.2) is 29.2 Å². The molecule has 0 spiro atoms. The maximum Gasteiger partial charge on any atom is 0.415 e. The molecule has 112 valence electrons. The first-order valence-corrected chi connectivity index (χ1v) is 6.78. The molecule has 0 heterocycles. The van der Waals surface area contributed by atoms with E-state index in [0.717, 1.165) is 5.56 Å². The van der Waals surface area contributed by atoms with Crippen LogP contribution in [0.25, 0.3) is 0 Å². The molecule has 4 nitrogen and oxygen atoms in total. The van der Waals surface area contributed by atoms with Crippen LogP contribution in [0.1, 0.15) is 12.0 Å². The molecule has 0 aromatic heterocycles. The van der Waals surface area contributed by atoms with Crippen molar-refractivity contribution in [2.75, 3.05) is 0 Å². The summed E-state index contributed by atoms with van der Waals surface area (Å²) in [7, 11) is -2.28. The van der Waals surface area contributed by atoms with Crippen molar-refractivity contribution in [3.8, 4) is 0 Å². The zero-order valence-corrected chi connectivity index (χ0v) is 11.2. The Morgan fingerprint density at radius 2 is 1.80 bits per heavy atom. The van der Waals surface area contributed by atoms with Gasteiger partial charge in [-0.3, -0.25) is 9.00 Å². The second kappa shape index (κ2) is 6.36. The van der Waals surface area contributed by atoms with Crippen LogP contribution in [0.2, 0.25) is 0 Å². The lowest BCUT2D eigenvalue weighted by Gasteiger charge is -2.23. The number of hydrogen-bond donors (Lipinski definition) is 2. The molecule has 0 bridgehead atoms. The summed E-state index contributed by atoms with van der Waals surface area (Å²) >= 11 is 0. The lowest BCUT2D eigenvalue weighted by atomic mass is 10.2. The van der Waals surface area contributed by atoms with Gasteiger partial charge in [-0.15, -0.1) is 0 Å². The number of alkyl halides is 3. The monoisotopic (exact) mass is 310 g/mol. The van der Waals surface area contributed by atoms with Crippen molar-refractivity contribution in [3.05, 3.63) is 29.8 Å². The first kappa shape index (κ1) is 16.6. The summed E-state index contributed by atoms with van der Waals surface area (Å²) in [4.78, 5) is 10.7. The van der Waals surface area contributed by atoms with E-state index in [1.165, 1.54) is 12.1 Å². The second-order valence-corrected chi connectivity index (χ2v) is 5.90. The van der Waals surface area contributed by atoms with Gasteiger partial charge in [0.25, 0.3) is 0 Å². The summed E-state index contributed by atoms with van der Waals surface area (Å²) in [5, 5.41) is 15.9. The third-order valence-electron chi connectivity index (χ3n) is 2.59. The van der Waals surface area contributed by atoms with E-state index in [9.17, 15) is 27.3 Å². The second-order valence-electron chi connectivity index (χ2n) is 4.23. The largest absolute Gasteiger partial charge is 0.481 e. The fourth-order valence-corrected chi connectivity index (χ4v) is 2.97. The third-order valence-corrected chi connectivity index (χ3v) is 4.30. The first-order chi connectivity index (χ1) is 9.12. The predicted octanol–water partition coefficient (Wildman–Crippen LogP) is 1.87. The van der Waals surface area contributed by atoms with Crippen molar-refractivity contribution >= 4 is 16.8 Å². The zero-order chi connectivity index (χ0) is 15.5. The molecule has 0 fully saturated rings. The molecule has 0 radical (unpaired) electrons. The zero-order valence-electron chi connectivity index (χ0n) is 10.4. The van der Waals surface area contributed by atoms with Gasteiger partial charge in [-0.2, -0.15) is 13.2 Å². The van der Waals surface area contributed by atoms with Gasteiger partial charge < -0.3 is 10.2 Å². The minimum atomic E-state index is -5.03. The summed E-state index contributed by atoms with van der Waals surface area (Å²) < 4.78 is 49.6. The normalized spacial score (nSPS) is 16.4. The molecular formula is C12H13F3O4S. The van der Waals surface area contributed by atoms with Crippen LogP contribution in [0.4, 0.5) is 13.2 Å². The summed E-state index contributed by atoms with van der Waals surface area (Å²) in [5.41, 5.74) is 0.817. The molecule has 1 aromatic carbocycles. The van der Waals surface area contributed by atoms with Crippen LogP contribution in [0.5, 0.6) is 0 Å². The average molecular weight is 310 g/mol. The lowest BCUT2D eigenvalue weighted by Crippen LogP contribution is -2.43. The average Bonchev–Trinajstić information content (AvgIpc) is 2.34. The van der Waals surface area contributed by atoms with Crippen LogP contribution < -0.4 is 0 Å². The van der Waals surface area contributed by atoms with E-state index in [1.807, 2.05) is 0 Å². The minimum absolute atomic E-state index is 0.0464. The highest BCUT2D eigenvalue weighted by Gasteiger charge is 2.46. The fourth-order valence-electron chi connectivity index (χ4n) is 1.53. The Morgan fingerprint density at radius 1 is 1.30 bits per heavy atom. The molecule has 0 aliphatic rings. The molecule has 0 aliphatic heterocycles. The first-order valence-electron chi connectivity index (χ1n) is 5.56. The molecule has 0 aliphatic carbocycles. The van der Waals surface area contributed by atoms with E-state index in [4.69, 9.17) is 5.11 Å². The van der Waals surface area contributed by atoms with Crippen LogP contribution in [0.3, 0.4) is 0 Å². The lowest BCUT2D eigenvalue weighted by molar-refractivity contribution is -0.204. The SMILES string of the molecule is Cc1ccc(S(=O)[C@@H](CC(=O)O)[C@H](O)C(F)(F)F)cc1. The maximum absolute atomic E-state index is 12.5. The smallest absolute Gasteiger partial charge is 0.415 e. The number of carboxylic acid groups (broad SMARTS) is 1. The van der Waals surface area contributed by atoms with Crippen LogP contribution in [0, 0.1) is 6.92 Å². The predicted molar refractivity (Wildman–Crippen MR) is 65.7 cm³/mol. The molecule has 0 saturated heterocycles. The topological polar surface area (TPSA) is 74.6 Å². The molecule has 1 aromatic rings. The van der Waals surface area contributed by atoms with Crippen molar-refractivity contribution in [3.63, 3.8) is 0 Å². The number of benzene rings is 1. The Hall–Kier alpha value is -1.41. The van der Waals surface area contributed by atoms with Gasteiger partial charge in [0, 0.05) is 4.90 Å². The van der Waals surface area contributed by atoms with Gasteiger partial charge in [0.05, 0.1) is 22.5 Å². The summed E-state index contributed by atoms with van der Waals surface area (Å²) in [6.45, 7) is 1.74. The summed E-state index contributed by atoms with van der Waals surface area (Å²) in [6, 6.07) is 5.79. The van der Waals surface area contributed by atoms with Crippen LogP contribution >= 0.6 is 0 Å². The number of aryl methyl sites for hydroxylation is 1. The number of halogens is 3. The van der Waals surface area contributed by atoms with E-state index in [0.29, 0.717) is 0 Å². The Balaban J connectivity index is 3.07. The van der Waals surface area contributed by atoms with Crippen molar-refractivity contribution in [2.24, 2.45) is 0 Å². The van der Waals surface area contributed by atoms with Gasteiger partial charge in [0.2, 0.25) is 0 Å². The molecule has 3 atom stereocenters. The molecular weight excluding hydrogens is 297 g/mol. The number of carboxylic acids is 1.